The van der Waals surface area contributed by atoms with Crippen molar-refractivity contribution in [3.63, 3.8) is 0 Å². The van der Waals surface area contributed by atoms with Crippen LogP contribution < -0.4 is 0 Å². The fourth-order valence-corrected chi connectivity index (χ4v) is 2.75. The average molecular weight is 296 g/mol. The lowest BCUT2D eigenvalue weighted by Gasteiger charge is -2.08. The van der Waals surface area contributed by atoms with Gasteiger partial charge in [0.15, 0.2) is 4.77 Å². The Labute approximate surface area is 118 Å². The number of nitrogens with one attached hydrogen (secondary N) is 1. The lowest BCUT2D eigenvalue weighted by molar-refractivity contribution is 1.06. The second-order valence-corrected chi connectivity index (χ2v) is 4.93. The minimum atomic E-state index is 0.535. The van der Waals surface area contributed by atoms with Crippen molar-refractivity contribution in [3.05, 3.63) is 51.5 Å². The molecule has 1 N–H and O–H groups in total. The summed E-state index contributed by atoms with van der Waals surface area (Å²) in [7, 11) is 0. The van der Waals surface area contributed by atoms with Crippen molar-refractivity contribution in [3.8, 4) is 5.69 Å². The van der Waals surface area contributed by atoms with Crippen LogP contribution in [0.15, 0.2) is 36.7 Å². The SMILES string of the molecule is S=c1[nH]c2cnccc2n1-c1c(Cl)cccc1Cl. The summed E-state index contributed by atoms with van der Waals surface area (Å²) in [6, 6.07) is 7.23. The molecule has 0 radical (unpaired) electrons. The van der Waals surface area contributed by atoms with Crippen LogP contribution in [-0.4, -0.2) is 14.5 Å². The van der Waals surface area contributed by atoms with Crippen LogP contribution in [0.4, 0.5) is 0 Å². The number of nitrogens with zero attached hydrogens (tertiary/aromatic N) is 2. The molecule has 3 nitrogen and oxygen atoms in total. The van der Waals surface area contributed by atoms with Crippen molar-refractivity contribution in [2.24, 2.45) is 0 Å². The smallest absolute Gasteiger partial charge is 0.182 e. The largest absolute Gasteiger partial charge is 0.329 e. The number of para-hydroxylation sites is 1. The van der Waals surface area contributed by atoms with Crippen LogP contribution in [0.2, 0.25) is 10.0 Å². The maximum atomic E-state index is 6.21. The molecule has 0 unspecified atom stereocenters. The summed E-state index contributed by atoms with van der Waals surface area (Å²) in [5.41, 5.74) is 2.42. The van der Waals surface area contributed by atoms with E-state index in [-0.39, 0.29) is 0 Å². The van der Waals surface area contributed by atoms with Crippen LogP contribution in [0, 0.1) is 4.77 Å². The topological polar surface area (TPSA) is 33.6 Å². The highest BCUT2D eigenvalue weighted by atomic mass is 35.5. The Bertz CT molecular complexity index is 771. The second kappa shape index (κ2) is 4.39. The molecule has 3 rings (SSSR count). The molecule has 0 fully saturated rings. The number of fused-ring (bicyclic) bond motifs is 1. The number of hydrogen-bond donors (Lipinski definition) is 1. The zero-order valence-electron chi connectivity index (χ0n) is 9.02. The Kier molecular flexibility index (Phi) is 2.86. The average Bonchev–Trinajstić information content (AvgIpc) is 2.66. The molecule has 0 saturated heterocycles. The van der Waals surface area contributed by atoms with Gasteiger partial charge < -0.3 is 4.98 Å². The van der Waals surface area contributed by atoms with Gasteiger partial charge in [-0.1, -0.05) is 29.3 Å². The fourth-order valence-electron chi connectivity index (χ4n) is 1.88. The molecule has 2 aromatic heterocycles. The molecule has 0 aliphatic carbocycles. The second-order valence-electron chi connectivity index (χ2n) is 3.73. The molecule has 0 spiro atoms. The molecule has 0 amide bonds. The quantitative estimate of drug-likeness (QED) is 0.676. The molecule has 0 aliphatic heterocycles. The van der Waals surface area contributed by atoms with Crippen LogP contribution in [-0.2, 0) is 0 Å². The zero-order chi connectivity index (χ0) is 12.7. The van der Waals surface area contributed by atoms with Gasteiger partial charge in [-0.15, -0.1) is 0 Å². The van der Waals surface area contributed by atoms with Crippen LogP contribution in [0.3, 0.4) is 0 Å². The summed E-state index contributed by atoms with van der Waals surface area (Å²) in [6.07, 6.45) is 3.42. The van der Waals surface area contributed by atoms with E-state index < -0.39 is 0 Å². The van der Waals surface area contributed by atoms with Crippen molar-refractivity contribution in [2.75, 3.05) is 0 Å². The Hall–Kier alpha value is -1.36. The van der Waals surface area contributed by atoms with Gasteiger partial charge in [0.2, 0.25) is 0 Å². The summed E-state index contributed by atoms with van der Waals surface area (Å²) < 4.78 is 2.35. The van der Waals surface area contributed by atoms with Gasteiger partial charge in [-0.05, 0) is 30.4 Å². The van der Waals surface area contributed by atoms with Gasteiger partial charge in [-0.25, -0.2) is 0 Å². The third kappa shape index (κ3) is 1.73. The number of aromatic amines is 1. The molecule has 1 aromatic carbocycles. The predicted octanol–water partition coefficient (Wildman–Crippen LogP) is 4.39. The van der Waals surface area contributed by atoms with Crippen LogP contribution >= 0.6 is 35.4 Å². The molecule has 2 heterocycles. The van der Waals surface area contributed by atoms with Crippen LogP contribution in [0.5, 0.6) is 0 Å². The zero-order valence-corrected chi connectivity index (χ0v) is 11.4. The van der Waals surface area contributed by atoms with E-state index in [0.29, 0.717) is 20.5 Å². The van der Waals surface area contributed by atoms with E-state index in [2.05, 4.69) is 9.97 Å². The lowest BCUT2D eigenvalue weighted by Crippen LogP contribution is -1.96. The number of rotatable bonds is 1. The standard InChI is InChI=1S/C12H7Cl2N3S/c13-7-2-1-3-8(14)11(7)17-10-4-5-15-6-9(10)16-12(17)18/h1-6H,(H,16,18). The number of H-pyrrole nitrogens is 1. The van der Waals surface area contributed by atoms with Gasteiger partial charge in [0.25, 0.3) is 0 Å². The monoisotopic (exact) mass is 295 g/mol. The first kappa shape index (κ1) is 11.7. The lowest BCUT2D eigenvalue weighted by atomic mass is 10.3. The van der Waals surface area contributed by atoms with Gasteiger partial charge in [0, 0.05) is 6.20 Å². The number of imidazole rings is 1. The molecular weight excluding hydrogens is 289 g/mol. The molecule has 0 atom stereocenters. The van der Waals surface area contributed by atoms with Crippen molar-refractivity contribution in [1.29, 1.82) is 0 Å². The molecule has 0 saturated carbocycles. The first-order chi connectivity index (χ1) is 8.68. The highest BCUT2D eigenvalue weighted by molar-refractivity contribution is 7.71. The summed E-state index contributed by atoms with van der Waals surface area (Å²) in [5, 5.41) is 1.10. The van der Waals surface area contributed by atoms with Gasteiger partial charge in [0.05, 0.1) is 33.0 Å². The van der Waals surface area contributed by atoms with E-state index in [0.717, 1.165) is 11.0 Å². The Morgan fingerprint density at radius 2 is 1.89 bits per heavy atom. The summed E-state index contributed by atoms with van der Waals surface area (Å²) in [5.74, 6) is 0. The normalized spacial score (nSPS) is 11.0. The van der Waals surface area contributed by atoms with Gasteiger partial charge in [0.1, 0.15) is 0 Å². The van der Waals surface area contributed by atoms with E-state index in [4.69, 9.17) is 35.4 Å². The van der Waals surface area contributed by atoms with Gasteiger partial charge in [-0.3, -0.25) is 9.55 Å². The third-order valence-electron chi connectivity index (χ3n) is 2.64. The highest BCUT2D eigenvalue weighted by Gasteiger charge is 2.12. The van der Waals surface area contributed by atoms with Crippen LogP contribution in [0.1, 0.15) is 0 Å². The molecule has 3 aromatic rings. The Morgan fingerprint density at radius 3 is 2.61 bits per heavy atom. The number of halogens is 2. The minimum absolute atomic E-state index is 0.535. The third-order valence-corrected chi connectivity index (χ3v) is 3.54. The maximum absolute atomic E-state index is 6.21. The van der Waals surface area contributed by atoms with E-state index >= 15 is 0 Å². The summed E-state index contributed by atoms with van der Waals surface area (Å²) >= 11 is 17.7. The van der Waals surface area contributed by atoms with Gasteiger partial charge in [-0.2, -0.15) is 0 Å². The predicted molar refractivity (Wildman–Crippen MR) is 76.3 cm³/mol. The first-order valence-corrected chi connectivity index (χ1v) is 6.34. The molecule has 6 heteroatoms. The van der Waals surface area contributed by atoms with E-state index in [1.807, 2.05) is 10.6 Å². The van der Waals surface area contributed by atoms with E-state index in [9.17, 15) is 0 Å². The first-order valence-electron chi connectivity index (χ1n) is 5.17. The number of aromatic nitrogens is 3. The summed E-state index contributed by atoms with van der Waals surface area (Å²) in [4.78, 5) is 7.13. The maximum Gasteiger partial charge on any atom is 0.182 e. The summed E-state index contributed by atoms with van der Waals surface area (Å²) in [6.45, 7) is 0. The van der Waals surface area contributed by atoms with Crippen molar-refractivity contribution < 1.29 is 0 Å². The fraction of sp³-hybridized carbons (Fsp3) is 0. The minimum Gasteiger partial charge on any atom is -0.329 e. The molecule has 90 valence electrons. The van der Waals surface area contributed by atoms with Crippen molar-refractivity contribution in [1.82, 2.24) is 14.5 Å². The van der Waals surface area contributed by atoms with Crippen LogP contribution in [0.25, 0.3) is 16.7 Å². The highest BCUT2D eigenvalue weighted by Crippen LogP contribution is 2.31. The van der Waals surface area contributed by atoms with E-state index in [1.165, 1.54) is 0 Å². The molecule has 18 heavy (non-hydrogen) atoms. The Morgan fingerprint density at radius 1 is 1.17 bits per heavy atom. The van der Waals surface area contributed by atoms with E-state index in [1.54, 1.807) is 30.6 Å². The van der Waals surface area contributed by atoms with Crippen molar-refractivity contribution >= 4 is 46.5 Å². The number of hydrogen-bond acceptors (Lipinski definition) is 2. The van der Waals surface area contributed by atoms with Crippen molar-refractivity contribution in [2.45, 2.75) is 0 Å². The number of benzene rings is 1. The molecule has 0 bridgehead atoms. The van der Waals surface area contributed by atoms with Gasteiger partial charge >= 0.3 is 0 Å². The number of pyridine rings is 1. The molecular formula is C12H7Cl2N3S. The molecule has 0 aliphatic rings. The Balaban J connectivity index is 2.46.